The zero-order valence-corrected chi connectivity index (χ0v) is 11.7. The number of rotatable bonds is 3. The minimum Gasteiger partial charge on any atom is -0.366 e. The quantitative estimate of drug-likeness (QED) is 0.904. The third kappa shape index (κ3) is 2.65. The number of anilines is 1. The largest absolute Gasteiger partial charge is 0.366 e. The molecule has 104 valence electrons. The molecule has 0 aliphatic carbocycles. The lowest BCUT2D eigenvalue weighted by Crippen LogP contribution is -2.10. The number of aromatic nitrogens is 2. The van der Waals surface area contributed by atoms with Gasteiger partial charge in [0.15, 0.2) is 0 Å². The molecule has 0 saturated heterocycles. The van der Waals surface area contributed by atoms with Crippen LogP contribution in [0.1, 0.15) is 17.3 Å². The molecule has 2 aromatic heterocycles. The Kier molecular flexibility index (Phi) is 3.76. The van der Waals surface area contributed by atoms with Crippen molar-refractivity contribution in [2.24, 2.45) is 12.8 Å². The van der Waals surface area contributed by atoms with E-state index in [9.17, 15) is 9.59 Å². The predicted molar refractivity (Wildman–Crippen MR) is 76.5 cm³/mol. The third-order valence-electron chi connectivity index (χ3n) is 2.78. The maximum Gasteiger partial charge on any atom is 0.251 e. The lowest BCUT2D eigenvalue weighted by Gasteiger charge is -2.06. The molecule has 2 heterocycles. The molecule has 0 aromatic carbocycles. The van der Waals surface area contributed by atoms with E-state index in [-0.39, 0.29) is 16.6 Å². The molecule has 0 unspecified atom stereocenters. The number of nitrogens with two attached hydrogens (primary N) is 1. The first-order valence-electron chi connectivity index (χ1n) is 5.79. The summed E-state index contributed by atoms with van der Waals surface area (Å²) in [5.41, 5.74) is 6.99. The van der Waals surface area contributed by atoms with E-state index >= 15 is 0 Å². The van der Waals surface area contributed by atoms with E-state index in [2.05, 4.69) is 10.3 Å². The SMILES string of the molecule is CC(=O)Nc1cc(-c2cc(C(N)=O)c(Cl)n2C)ccn1. The van der Waals surface area contributed by atoms with Crippen LogP contribution in [0.4, 0.5) is 5.82 Å². The molecule has 0 spiro atoms. The maximum absolute atomic E-state index is 11.3. The van der Waals surface area contributed by atoms with Gasteiger partial charge in [-0.15, -0.1) is 0 Å². The second kappa shape index (κ2) is 5.34. The molecule has 0 aliphatic heterocycles. The van der Waals surface area contributed by atoms with Gasteiger partial charge in [-0.3, -0.25) is 9.59 Å². The standard InChI is InChI=1S/C13H13ClN4O2/c1-7(19)17-11-5-8(3-4-16-11)10-6-9(13(15)20)12(14)18(10)2/h3-6H,1-2H3,(H2,15,20)(H,16,17,19). The summed E-state index contributed by atoms with van der Waals surface area (Å²) in [6, 6.07) is 5.05. The topological polar surface area (TPSA) is 90.0 Å². The van der Waals surface area contributed by atoms with Crippen molar-refractivity contribution in [2.45, 2.75) is 6.92 Å². The Morgan fingerprint density at radius 1 is 1.40 bits per heavy atom. The van der Waals surface area contributed by atoms with E-state index < -0.39 is 5.91 Å². The monoisotopic (exact) mass is 292 g/mol. The van der Waals surface area contributed by atoms with Crippen LogP contribution in [0.5, 0.6) is 0 Å². The highest BCUT2D eigenvalue weighted by molar-refractivity contribution is 6.33. The molecule has 0 atom stereocenters. The van der Waals surface area contributed by atoms with Gasteiger partial charge in [-0.1, -0.05) is 11.6 Å². The van der Waals surface area contributed by atoms with Crippen LogP contribution < -0.4 is 11.1 Å². The number of halogens is 1. The minimum absolute atomic E-state index is 0.211. The summed E-state index contributed by atoms with van der Waals surface area (Å²) >= 11 is 6.06. The van der Waals surface area contributed by atoms with Crippen molar-refractivity contribution in [1.82, 2.24) is 9.55 Å². The third-order valence-corrected chi connectivity index (χ3v) is 3.24. The van der Waals surface area contributed by atoms with Crippen molar-refractivity contribution < 1.29 is 9.59 Å². The molecule has 2 aromatic rings. The molecule has 6 nitrogen and oxygen atoms in total. The molecular weight excluding hydrogens is 280 g/mol. The molecule has 0 bridgehead atoms. The Labute approximate surface area is 120 Å². The van der Waals surface area contributed by atoms with Gasteiger partial charge in [0.1, 0.15) is 11.0 Å². The predicted octanol–water partition coefficient (Wildman–Crippen LogP) is 1.80. The highest BCUT2D eigenvalue weighted by Crippen LogP contribution is 2.28. The highest BCUT2D eigenvalue weighted by atomic mass is 35.5. The van der Waals surface area contributed by atoms with E-state index in [1.54, 1.807) is 36.0 Å². The van der Waals surface area contributed by atoms with Crippen molar-refractivity contribution in [3.05, 3.63) is 35.1 Å². The molecule has 2 rings (SSSR count). The Hall–Kier alpha value is -2.34. The number of amides is 2. The molecule has 0 fully saturated rings. The summed E-state index contributed by atoms with van der Waals surface area (Å²) in [7, 11) is 1.72. The zero-order chi connectivity index (χ0) is 14.9. The fourth-order valence-corrected chi connectivity index (χ4v) is 2.11. The molecule has 2 amide bonds. The van der Waals surface area contributed by atoms with Gasteiger partial charge in [0.05, 0.1) is 5.56 Å². The molecule has 0 radical (unpaired) electrons. The van der Waals surface area contributed by atoms with E-state index in [0.29, 0.717) is 11.5 Å². The smallest absolute Gasteiger partial charge is 0.251 e. The Bertz CT molecular complexity index is 694. The number of pyridine rings is 1. The summed E-state index contributed by atoms with van der Waals surface area (Å²) in [5, 5.41) is 2.86. The van der Waals surface area contributed by atoms with Crippen LogP contribution in [0.3, 0.4) is 0 Å². The second-order valence-corrected chi connectivity index (χ2v) is 4.63. The van der Waals surface area contributed by atoms with Crippen LogP contribution in [-0.4, -0.2) is 21.4 Å². The first-order valence-corrected chi connectivity index (χ1v) is 6.17. The van der Waals surface area contributed by atoms with Crippen LogP contribution in [0.2, 0.25) is 5.15 Å². The highest BCUT2D eigenvalue weighted by Gasteiger charge is 2.16. The van der Waals surface area contributed by atoms with Gasteiger partial charge in [0, 0.05) is 31.4 Å². The lowest BCUT2D eigenvalue weighted by molar-refractivity contribution is -0.114. The van der Waals surface area contributed by atoms with Crippen molar-refractivity contribution in [3.8, 4) is 11.3 Å². The number of nitrogens with one attached hydrogen (secondary N) is 1. The van der Waals surface area contributed by atoms with Gasteiger partial charge in [0.25, 0.3) is 5.91 Å². The minimum atomic E-state index is -0.590. The number of carbonyl (C=O) groups excluding carboxylic acids is 2. The van der Waals surface area contributed by atoms with Crippen molar-refractivity contribution >= 4 is 29.2 Å². The van der Waals surface area contributed by atoms with Crippen LogP contribution in [0, 0.1) is 0 Å². The molecule has 0 aliphatic rings. The van der Waals surface area contributed by atoms with Gasteiger partial charge < -0.3 is 15.6 Å². The summed E-state index contributed by atoms with van der Waals surface area (Å²) in [4.78, 5) is 26.4. The van der Waals surface area contributed by atoms with E-state index in [0.717, 1.165) is 5.56 Å². The molecule has 7 heteroatoms. The molecular formula is C13H13ClN4O2. The maximum atomic E-state index is 11.3. The number of hydrogen-bond donors (Lipinski definition) is 2. The summed E-state index contributed by atoms with van der Waals surface area (Å²) in [6.07, 6.45) is 1.56. The molecule has 3 N–H and O–H groups in total. The number of carbonyl (C=O) groups is 2. The van der Waals surface area contributed by atoms with Crippen LogP contribution in [0.15, 0.2) is 24.4 Å². The first-order chi connectivity index (χ1) is 9.40. The number of primary amides is 1. The fourth-order valence-electron chi connectivity index (χ4n) is 1.87. The van der Waals surface area contributed by atoms with Gasteiger partial charge in [-0.05, 0) is 18.2 Å². The van der Waals surface area contributed by atoms with Crippen LogP contribution in [-0.2, 0) is 11.8 Å². The van der Waals surface area contributed by atoms with E-state index in [1.807, 2.05) is 0 Å². The van der Waals surface area contributed by atoms with Crippen LogP contribution >= 0.6 is 11.6 Å². The van der Waals surface area contributed by atoms with Crippen molar-refractivity contribution in [2.75, 3.05) is 5.32 Å². The Morgan fingerprint density at radius 2 is 2.10 bits per heavy atom. The lowest BCUT2D eigenvalue weighted by atomic mass is 10.1. The fraction of sp³-hybridized carbons (Fsp3) is 0.154. The summed E-state index contributed by atoms with van der Waals surface area (Å²) in [5.74, 6) is -0.377. The van der Waals surface area contributed by atoms with Gasteiger partial charge in [0.2, 0.25) is 5.91 Å². The normalized spacial score (nSPS) is 10.3. The summed E-state index contributed by atoms with van der Waals surface area (Å²) in [6.45, 7) is 1.40. The molecule has 0 saturated carbocycles. The first kappa shape index (κ1) is 14.1. The van der Waals surface area contributed by atoms with Crippen molar-refractivity contribution in [1.29, 1.82) is 0 Å². The van der Waals surface area contributed by atoms with Crippen LogP contribution in [0.25, 0.3) is 11.3 Å². The van der Waals surface area contributed by atoms with Crippen molar-refractivity contribution in [3.63, 3.8) is 0 Å². The van der Waals surface area contributed by atoms with E-state index in [1.165, 1.54) is 6.92 Å². The average Bonchev–Trinajstić information content (AvgIpc) is 2.66. The Morgan fingerprint density at radius 3 is 2.65 bits per heavy atom. The average molecular weight is 293 g/mol. The van der Waals surface area contributed by atoms with Gasteiger partial charge in [-0.25, -0.2) is 4.98 Å². The van der Waals surface area contributed by atoms with Gasteiger partial charge >= 0.3 is 0 Å². The number of nitrogens with zero attached hydrogens (tertiary/aromatic N) is 2. The Balaban J connectivity index is 2.49. The van der Waals surface area contributed by atoms with E-state index in [4.69, 9.17) is 17.3 Å². The van der Waals surface area contributed by atoms with Gasteiger partial charge in [-0.2, -0.15) is 0 Å². The summed E-state index contributed by atoms with van der Waals surface area (Å²) < 4.78 is 1.65. The number of hydrogen-bond acceptors (Lipinski definition) is 3. The zero-order valence-electron chi connectivity index (χ0n) is 11.0. The second-order valence-electron chi connectivity index (χ2n) is 4.27. The molecule has 20 heavy (non-hydrogen) atoms.